The second-order valence-electron chi connectivity index (χ2n) is 19.0. The van der Waals surface area contributed by atoms with Gasteiger partial charge in [0, 0.05) is 67.1 Å². The molecule has 0 aliphatic heterocycles. The second kappa shape index (κ2) is 19.7. The van der Waals surface area contributed by atoms with Gasteiger partial charge in [0.1, 0.15) is 0 Å². The molecule has 0 bridgehead atoms. The Bertz CT molecular complexity index is 4250. The van der Waals surface area contributed by atoms with Gasteiger partial charge in [0.05, 0.1) is 22.1 Å². The highest BCUT2D eigenvalue weighted by molar-refractivity contribution is 6.14. The molecule has 13 rings (SSSR count). The first-order valence-electron chi connectivity index (χ1n) is 25.8. The zero-order valence-corrected chi connectivity index (χ0v) is 41.9. The summed E-state index contributed by atoms with van der Waals surface area (Å²) in [6.45, 7) is 8.27. The van der Waals surface area contributed by atoms with E-state index in [2.05, 4.69) is 305 Å². The van der Waals surface area contributed by atoms with E-state index in [-0.39, 0.29) is 0 Å². The van der Waals surface area contributed by atoms with Gasteiger partial charge in [-0.1, -0.05) is 171 Å². The number of fused-ring (bicyclic) bond motifs is 6. The lowest BCUT2D eigenvalue weighted by Crippen LogP contribution is -2.14. The van der Waals surface area contributed by atoms with E-state index in [1.165, 1.54) is 16.3 Å². The largest absolute Gasteiger partial charge is 0.311 e. The van der Waals surface area contributed by atoms with Crippen LogP contribution in [0.4, 0.5) is 28.4 Å². The molecule has 2 aromatic heterocycles. The molecule has 0 radical (unpaired) electrons. The maximum absolute atomic E-state index is 4.22. The van der Waals surface area contributed by atoms with Crippen molar-refractivity contribution in [3.05, 3.63) is 310 Å². The molecule has 13 aromatic rings. The maximum Gasteiger partial charge on any atom is 0.0542 e. The molecule has 2 heterocycles. The van der Waals surface area contributed by atoms with Gasteiger partial charge in [0.25, 0.3) is 0 Å². The Balaban J connectivity index is 1.03. The Morgan fingerprint density at radius 1 is 0.329 bits per heavy atom. The maximum atomic E-state index is 4.22. The molecule has 76 heavy (non-hydrogen) atoms. The fourth-order valence-electron chi connectivity index (χ4n) is 11.3. The third-order valence-corrected chi connectivity index (χ3v) is 14.6. The highest BCUT2D eigenvalue weighted by atomic mass is 15.2. The Morgan fingerprint density at radius 3 is 1.18 bits per heavy atom. The van der Waals surface area contributed by atoms with Crippen LogP contribution in [0.25, 0.3) is 88.4 Å². The van der Waals surface area contributed by atoms with Crippen molar-refractivity contribution >= 4 is 72.0 Å². The fraction of sp³-hybridized carbons (Fsp3) is 0. The molecule has 0 fully saturated rings. The molecule has 0 amide bonds. The predicted octanol–water partition coefficient (Wildman–Crippen LogP) is 19.7. The van der Waals surface area contributed by atoms with Crippen molar-refractivity contribution in [3.63, 3.8) is 0 Å². The Hall–Kier alpha value is -10.2. The summed E-state index contributed by atoms with van der Waals surface area (Å²) in [5, 5.41) is 4.67. The number of allylic oxidation sites excluding steroid dienone is 3. The summed E-state index contributed by atoms with van der Waals surface area (Å²) in [5.41, 5.74) is 20.0. The molecular formula is C72H52N4. The number of hydrogen-bond donors (Lipinski definition) is 0. The zero-order chi connectivity index (χ0) is 51.0. The van der Waals surface area contributed by atoms with Crippen molar-refractivity contribution in [3.8, 4) is 44.8 Å². The lowest BCUT2D eigenvalue weighted by Gasteiger charge is -2.26. The number of aromatic nitrogens is 2. The smallest absolute Gasteiger partial charge is 0.0542 e. The average molecular weight is 973 g/mol. The average Bonchev–Trinajstić information content (AvgIpc) is 4.02. The molecule has 4 heteroatoms. The minimum Gasteiger partial charge on any atom is -0.311 e. The van der Waals surface area contributed by atoms with Crippen molar-refractivity contribution < 1.29 is 0 Å². The topological polar surface area (TPSA) is 16.3 Å². The third kappa shape index (κ3) is 8.06. The minimum atomic E-state index is 0.932. The molecular weight excluding hydrogens is 921 g/mol. The van der Waals surface area contributed by atoms with Crippen molar-refractivity contribution in [2.45, 2.75) is 0 Å². The summed E-state index contributed by atoms with van der Waals surface area (Å²) in [5.74, 6) is 0. The van der Waals surface area contributed by atoms with Crippen molar-refractivity contribution in [1.29, 1.82) is 0 Å². The molecule has 0 saturated heterocycles. The van der Waals surface area contributed by atoms with Gasteiger partial charge in [-0.2, -0.15) is 0 Å². The standard InChI is InChI=1S/C72H52N4/c1-3-24-54(4-2)73(55-27-13-6-14-28-55)60-41-45-70-66(49-60)64-47-52(39-43-68(64)75(70)58-33-19-9-20-34-58)62-37-23-38-63(72(62)51-25-11-5-12-26-51)53-40-44-69-65(48-53)67-50-61(42-46-71(67)76(69)59-35-21-10-22-36-59)74(56-29-15-7-16-30-56)57-31-17-8-18-32-57/h3-50H,1-2H2/b54-24+. The highest BCUT2D eigenvalue weighted by Crippen LogP contribution is 2.46. The SMILES string of the molecule is C=C/C=C(\C=C)N(c1ccccc1)c1ccc2c(c1)c1cc(-c3cccc(-c4ccc5c(c4)c4cc(N(c6ccccc6)c6ccccc6)ccc4n5-c4ccccc4)c3-c3ccccc3)ccc1n2-c1ccccc1. The van der Waals surface area contributed by atoms with Crippen LogP contribution < -0.4 is 9.80 Å². The van der Waals surface area contributed by atoms with E-state index in [0.29, 0.717) is 0 Å². The van der Waals surface area contributed by atoms with Crippen molar-refractivity contribution in [2.75, 3.05) is 9.80 Å². The Kier molecular flexibility index (Phi) is 11.8. The van der Waals surface area contributed by atoms with Crippen LogP contribution in [0.2, 0.25) is 0 Å². The monoisotopic (exact) mass is 972 g/mol. The molecule has 0 saturated carbocycles. The van der Waals surface area contributed by atoms with Crippen LogP contribution in [0.15, 0.2) is 310 Å². The van der Waals surface area contributed by atoms with E-state index >= 15 is 0 Å². The number of para-hydroxylation sites is 5. The van der Waals surface area contributed by atoms with Gasteiger partial charge < -0.3 is 18.9 Å². The van der Waals surface area contributed by atoms with Crippen LogP contribution >= 0.6 is 0 Å². The zero-order valence-electron chi connectivity index (χ0n) is 41.9. The number of benzene rings is 11. The Labute approximate surface area is 443 Å². The fourth-order valence-corrected chi connectivity index (χ4v) is 11.3. The van der Waals surface area contributed by atoms with Gasteiger partial charge in [-0.3, -0.25) is 0 Å². The first kappa shape index (κ1) is 45.7. The van der Waals surface area contributed by atoms with E-state index in [1.54, 1.807) is 0 Å². The molecule has 11 aromatic carbocycles. The number of anilines is 5. The molecule has 0 aliphatic rings. The summed E-state index contributed by atoms with van der Waals surface area (Å²) in [6.07, 6.45) is 5.72. The number of nitrogens with zero attached hydrogens (tertiary/aromatic N) is 4. The summed E-state index contributed by atoms with van der Waals surface area (Å²) >= 11 is 0. The summed E-state index contributed by atoms with van der Waals surface area (Å²) in [7, 11) is 0. The molecule has 360 valence electrons. The first-order valence-corrected chi connectivity index (χ1v) is 25.8. The van der Waals surface area contributed by atoms with Gasteiger partial charge in [-0.05, 0) is 167 Å². The van der Waals surface area contributed by atoms with Crippen LogP contribution in [0, 0.1) is 0 Å². The van der Waals surface area contributed by atoms with Gasteiger partial charge in [0.15, 0.2) is 0 Å². The number of hydrogen-bond acceptors (Lipinski definition) is 2. The van der Waals surface area contributed by atoms with Crippen LogP contribution in [0.3, 0.4) is 0 Å². The number of rotatable bonds is 13. The van der Waals surface area contributed by atoms with Crippen LogP contribution in [0.1, 0.15) is 0 Å². The van der Waals surface area contributed by atoms with Crippen LogP contribution in [0.5, 0.6) is 0 Å². The van der Waals surface area contributed by atoms with Gasteiger partial charge in [0.2, 0.25) is 0 Å². The lowest BCUT2D eigenvalue weighted by molar-refractivity contribution is 1.18. The highest BCUT2D eigenvalue weighted by Gasteiger charge is 2.22. The molecule has 4 nitrogen and oxygen atoms in total. The van der Waals surface area contributed by atoms with E-state index in [4.69, 9.17) is 0 Å². The normalized spacial score (nSPS) is 11.6. The predicted molar refractivity (Wildman–Crippen MR) is 323 cm³/mol. The quantitative estimate of drug-likeness (QED) is 0.107. The summed E-state index contributed by atoms with van der Waals surface area (Å²) in [4.78, 5) is 4.59. The summed E-state index contributed by atoms with van der Waals surface area (Å²) in [6, 6.07) is 98.6. The molecule has 0 N–H and O–H groups in total. The van der Waals surface area contributed by atoms with Crippen LogP contribution in [-0.2, 0) is 0 Å². The van der Waals surface area contributed by atoms with Crippen molar-refractivity contribution in [1.82, 2.24) is 9.13 Å². The van der Waals surface area contributed by atoms with E-state index < -0.39 is 0 Å². The molecule has 0 aliphatic carbocycles. The van der Waals surface area contributed by atoms with Gasteiger partial charge in [-0.25, -0.2) is 0 Å². The second-order valence-corrected chi connectivity index (χ2v) is 19.0. The first-order chi connectivity index (χ1) is 37.6. The minimum absolute atomic E-state index is 0.932. The van der Waals surface area contributed by atoms with E-state index in [9.17, 15) is 0 Å². The van der Waals surface area contributed by atoms with E-state index in [1.807, 2.05) is 18.2 Å². The lowest BCUT2D eigenvalue weighted by atomic mass is 9.87. The molecule has 0 unspecified atom stereocenters. The third-order valence-electron chi connectivity index (χ3n) is 14.6. The van der Waals surface area contributed by atoms with Gasteiger partial charge in [-0.15, -0.1) is 0 Å². The van der Waals surface area contributed by atoms with Gasteiger partial charge >= 0.3 is 0 Å². The van der Waals surface area contributed by atoms with E-state index in [0.717, 1.165) is 106 Å². The summed E-state index contributed by atoms with van der Waals surface area (Å²) < 4.78 is 4.79. The van der Waals surface area contributed by atoms with Crippen molar-refractivity contribution in [2.24, 2.45) is 0 Å². The van der Waals surface area contributed by atoms with Crippen LogP contribution in [-0.4, -0.2) is 9.13 Å². The molecule has 0 spiro atoms. The molecule has 0 atom stereocenters. The Morgan fingerprint density at radius 2 is 0.724 bits per heavy atom.